The summed E-state index contributed by atoms with van der Waals surface area (Å²) >= 11 is 3.40. The fourth-order valence-corrected chi connectivity index (χ4v) is 2.37. The highest BCUT2D eigenvalue weighted by molar-refractivity contribution is 9.10. The zero-order chi connectivity index (χ0) is 13.7. The number of halogens is 1. The van der Waals surface area contributed by atoms with Crippen molar-refractivity contribution in [1.82, 2.24) is 9.78 Å². The zero-order valence-electron chi connectivity index (χ0n) is 11.4. The van der Waals surface area contributed by atoms with Crippen LogP contribution < -0.4 is 0 Å². The Bertz CT molecular complexity index is 402. The Labute approximate surface area is 117 Å². The molecule has 1 rings (SSSR count). The quantitative estimate of drug-likeness (QED) is 0.725. The third kappa shape index (κ3) is 3.42. The molecule has 0 aromatic carbocycles. The van der Waals surface area contributed by atoms with Crippen molar-refractivity contribution in [3.63, 3.8) is 0 Å². The summed E-state index contributed by atoms with van der Waals surface area (Å²) in [5.74, 6) is 0.152. The van der Waals surface area contributed by atoms with Gasteiger partial charge in [0.05, 0.1) is 10.7 Å². The van der Waals surface area contributed by atoms with Crippen molar-refractivity contribution >= 4 is 21.7 Å². The molecule has 0 saturated heterocycles. The zero-order valence-corrected chi connectivity index (χ0v) is 13.0. The van der Waals surface area contributed by atoms with Gasteiger partial charge < -0.3 is 4.74 Å². The highest BCUT2D eigenvalue weighted by Crippen LogP contribution is 2.21. The monoisotopic (exact) mass is 316 g/mol. The molecule has 0 spiro atoms. The molecular formula is C13H21BrN2O2. The van der Waals surface area contributed by atoms with E-state index in [2.05, 4.69) is 28.0 Å². The van der Waals surface area contributed by atoms with Crippen LogP contribution in [0.4, 0.5) is 0 Å². The maximum atomic E-state index is 12.5. The first-order valence-electron chi connectivity index (χ1n) is 6.40. The van der Waals surface area contributed by atoms with Gasteiger partial charge >= 0.3 is 0 Å². The molecule has 0 amide bonds. The Kier molecular flexibility index (Phi) is 6.02. The van der Waals surface area contributed by atoms with Gasteiger partial charge in [0.1, 0.15) is 11.8 Å². The van der Waals surface area contributed by atoms with Crippen LogP contribution in [0.2, 0.25) is 0 Å². The summed E-state index contributed by atoms with van der Waals surface area (Å²) in [6, 6.07) is 0. The SMILES string of the molecule is CCCn1ncc(Br)c1C(=O)C(OCC)C(C)C. The number of carbonyl (C=O) groups is 1. The average Bonchev–Trinajstić information content (AvgIpc) is 2.67. The Morgan fingerprint density at radius 1 is 1.50 bits per heavy atom. The van der Waals surface area contributed by atoms with Crippen molar-refractivity contribution in [3.05, 3.63) is 16.4 Å². The second kappa shape index (κ2) is 7.04. The molecule has 0 aliphatic heterocycles. The number of nitrogens with zero attached hydrogens (tertiary/aromatic N) is 2. The summed E-state index contributed by atoms with van der Waals surface area (Å²) in [5.41, 5.74) is 0.615. The van der Waals surface area contributed by atoms with Gasteiger partial charge in [-0.05, 0) is 35.2 Å². The van der Waals surface area contributed by atoms with Crippen molar-refractivity contribution in [1.29, 1.82) is 0 Å². The minimum Gasteiger partial charge on any atom is -0.370 e. The summed E-state index contributed by atoms with van der Waals surface area (Å²) in [5, 5.41) is 4.22. The molecule has 1 aromatic rings. The first-order valence-corrected chi connectivity index (χ1v) is 7.19. The molecule has 1 unspecified atom stereocenters. The van der Waals surface area contributed by atoms with Gasteiger partial charge in [-0.15, -0.1) is 0 Å². The minimum absolute atomic E-state index is 0.00433. The Morgan fingerprint density at radius 3 is 2.67 bits per heavy atom. The van der Waals surface area contributed by atoms with Gasteiger partial charge in [0, 0.05) is 13.2 Å². The lowest BCUT2D eigenvalue weighted by molar-refractivity contribution is 0.0270. The maximum Gasteiger partial charge on any atom is 0.210 e. The predicted octanol–water partition coefficient (Wildman–Crippen LogP) is 3.30. The number of carbonyl (C=O) groups excluding carboxylic acids is 1. The summed E-state index contributed by atoms with van der Waals surface area (Å²) < 4.78 is 8.06. The van der Waals surface area contributed by atoms with Crippen LogP contribution in [0.5, 0.6) is 0 Å². The van der Waals surface area contributed by atoms with E-state index in [4.69, 9.17) is 4.74 Å². The molecule has 0 fully saturated rings. The minimum atomic E-state index is -0.404. The van der Waals surface area contributed by atoms with E-state index in [0.717, 1.165) is 17.4 Å². The standard InChI is InChI=1S/C13H21BrN2O2/c1-5-7-16-11(10(14)8-15-16)12(17)13(9(3)4)18-6-2/h8-9,13H,5-7H2,1-4H3. The average molecular weight is 317 g/mol. The molecule has 1 heterocycles. The molecule has 0 N–H and O–H groups in total. The van der Waals surface area contributed by atoms with Gasteiger partial charge in [0.2, 0.25) is 5.78 Å². The second-order valence-electron chi connectivity index (χ2n) is 4.55. The van der Waals surface area contributed by atoms with Crippen LogP contribution in [-0.2, 0) is 11.3 Å². The van der Waals surface area contributed by atoms with Crippen LogP contribution in [0.15, 0.2) is 10.7 Å². The molecule has 1 atom stereocenters. The summed E-state index contributed by atoms with van der Waals surface area (Å²) in [6.07, 6.45) is 2.21. The van der Waals surface area contributed by atoms with Gasteiger partial charge in [-0.25, -0.2) is 0 Å². The number of Topliss-reactive ketones (excluding diaryl/α,β-unsaturated/α-hetero) is 1. The van der Waals surface area contributed by atoms with Crippen LogP contribution in [0, 0.1) is 5.92 Å². The van der Waals surface area contributed by atoms with E-state index in [-0.39, 0.29) is 11.7 Å². The van der Waals surface area contributed by atoms with Gasteiger partial charge in [-0.3, -0.25) is 9.48 Å². The number of rotatable bonds is 7. The number of ether oxygens (including phenoxy) is 1. The molecule has 4 nitrogen and oxygen atoms in total. The van der Waals surface area contributed by atoms with Crippen molar-refractivity contribution in [2.75, 3.05) is 6.61 Å². The number of hydrogen-bond donors (Lipinski definition) is 0. The second-order valence-corrected chi connectivity index (χ2v) is 5.40. The van der Waals surface area contributed by atoms with Crippen LogP contribution in [0.25, 0.3) is 0 Å². The van der Waals surface area contributed by atoms with E-state index in [9.17, 15) is 4.79 Å². The van der Waals surface area contributed by atoms with Crippen molar-refractivity contribution in [2.24, 2.45) is 5.92 Å². The molecule has 0 bridgehead atoms. The molecular weight excluding hydrogens is 296 g/mol. The molecule has 0 aliphatic carbocycles. The Hall–Kier alpha value is -0.680. The van der Waals surface area contributed by atoms with E-state index >= 15 is 0 Å². The Morgan fingerprint density at radius 2 is 2.17 bits per heavy atom. The lowest BCUT2D eigenvalue weighted by atomic mass is 10.0. The van der Waals surface area contributed by atoms with Crippen LogP contribution in [-0.4, -0.2) is 28.3 Å². The fourth-order valence-electron chi connectivity index (χ4n) is 1.87. The number of aryl methyl sites for hydroxylation is 1. The van der Waals surface area contributed by atoms with E-state index in [1.165, 1.54) is 0 Å². The van der Waals surface area contributed by atoms with E-state index in [1.807, 2.05) is 20.8 Å². The van der Waals surface area contributed by atoms with E-state index in [1.54, 1.807) is 10.9 Å². The number of hydrogen-bond acceptors (Lipinski definition) is 3. The fraction of sp³-hybridized carbons (Fsp3) is 0.692. The lowest BCUT2D eigenvalue weighted by Gasteiger charge is -2.20. The molecule has 18 heavy (non-hydrogen) atoms. The first-order chi connectivity index (χ1) is 8.52. The highest BCUT2D eigenvalue weighted by Gasteiger charge is 2.28. The summed E-state index contributed by atoms with van der Waals surface area (Å²) in [6.45, 7) is 9.23. The molecule has 5 heteroatoms. The lowest BCUT2D eigenvalue weighted by Crippen LogP contribution is -2.32. The van der Waals surface area contributed by atoms with Gasteiger partial charge in [-0.1, -0.05) is 20.8 Å². The van der Waals surface area contributed by atoms with Gasteiger partial charge in [0.15, 0.2) is 0 Å². The predicted molar refractivity (Wildman–Crippen MR) is 74.8 cm³/mol. The van der Waals surface area contributed by atoms with Crippen LogP contribution >= 0.6 is 15.9 Å². The van der Waals surface area contributed by atoms with Crippen LogP contribution in [0.3, 0.4) is 0 Å². The third-order valence-corrected chi connectivity index (χ3v) is 3.25. The highest BCUT2D eigenvalue weighted by atomic mass is 79.9. The van der Waals surface area contributed by atoms with E-state index < -0.39 is 6.10 Å². The molecule has 1 aromatic heterocycles. The normalized spacial score (nSPS) is 13.0. The first kappa shape index (κ1) is 15.4. The van der Waals surface area contributed by atoms with Crippen LogP contribution in [0.1, 0.15) is 44.6 Å². The molecule has 0 radical (unpaired) electrons. The summed E-state index contributed by atoms with van der Waals surface area (Å²) in [7, 11) is 0. The van der Waals surface area contributed by atoms with Crippen molar-refractivity contribution in [2.45, 2.75) is 46.8 Å². The molecule has 102 valence electrons. The van der Waals surface area contributed by atoms with E-state index in [0.29, 0.717) is 12.3 Å². The molecule has 0 aliphatic rings. The van der Waals surface area contributed by atoms with Gasteiger partial charge in [-0.2, -0.15) is 5.10 Å². The maximum absolute atomic E-state index is 12.5. The smallest absolute Gasteiger partial charge is 0.210 e. The molecule has 0 saturated carbocycles. The number of ketones is 1. The third-order valence-electron chi connectivity index (χ3n) is 2.67. The summed E-state index contributed by atoms with van der Waals surface area (Å²) in [4.78, 5) is 12.5. The van der Waals surface area contributed by atoms with Gasteiger partial charge in [0.25, 0.3) is 0 Å². The largest absolute Gasteiger partial charge is 0.370 e. The van der Waals surface area contributed by atoms with Crippen molar-refractivity contribution in [3.8, 4) is 0 Å². The van der Waals surface area contributed by atoms with Crippen molar-refractivity contribution < 1.29 is 9.53 Å². The topological polar surface area (TPSA) is 44.1 Å². The number of aromatic nitrogens is 2. The Balaban J connectivity index is 3.03.